The molecule has 1 N–H and O–H groups in total. The van der Waals surface area contributed by atoms with Crippen LogP contribution in [0.2, 0.25) is 0 Å². The highest BCUT2D eigenvalue weighted by Crippen LogP contribution is 2.31. The quantitative estimate of drug-likeness (QED) is 0.663. The van der Waals surface area contributed by atoms with Gasteiger partial charge in [0.15, 0.2) is 0 Å². The van der Waals surface area contributed by atoms with Crippen molar-refractivity contribution in [2.75, 3.05) is 0 Å². The number of hydrogen-bond donors (Lipinski definition) is 1. The zero-order chi connectivity index (χ0) is 8.43. The Morgan fingerprint density at radius 3 is 2.82 bits per heavy atom. The summed E-state index contributed by atoms with van der Waals surface area (Å²) >= 11 is 5.82. The van der Waals surface area contributed by atoms with E-state index in [0.717, 1.165) is 17.0 Å². The number of allylic oxidation sites excluding steroid dienone is 2. The molecule has 0 saturated heterocycles. The Morgan fingerprint density at radius 2 is 2.36 bits per heavy atom. The highest BCUT2D eigenvalue weighted by atomic mass is 35.5. The van der Waals surface area contributed by atoms with Crippen LogP contribution in [0.4, 0.5) is 0 Å². The van der Waals surface area contributed by atoms with E-state index in [-0.39, 0.29) is 5.92 Å². The summed E-state index contributed by atoms with van der Waals surface area (Å²) in [7, 11) is 0. The fourth-order valence-electron chi connectivity index (χ4n) is 1.31. The lowest BCUT2D eigenvalue weighted by Crippen LogP contribution is -2.17. The minimum Gasteiger partial charge on any atom is -0.481 e. The van der Waals surface area contributed by atoms with Crippen molar-refractivity contribution in [2.45, 2.75) is 26.2 Å². The van der Waals surface area contributed by atoms with Gasteiger partial charge in [-0.05, 0) is 26.2 Å². The molecule has 0 aromatic carbocycles. The highest BCUT2D eigenvalue weighted by Gasteiger charge is 2.22. The van der Waals surface area contributed by atoms with Crippen molar-refractivity contribution < 1.29 is 9.90 Å². The first-order chi connectivity index (χ1) is 5.11. The average molecular weight is 175 g/mol. The Balaban J connectivity index is 2.64. The molecule has 0 aromatic heterocycles. The second-order valence-corrected chi connectivity index (χ2v) is 3.42. The molecular weight excluding hydrogens is 164 g/mol. The Labute approximate surface area is 70.9 Å². The molecule has 2 nitrogen and oxygen atoms in total. The predicted molar refractivity (Wildman–Crippen MR) is 43.5 cm³/mol. The summed E-state index contributed by atoms with van der Waals surface area (Å²) in [4.78, 5) is 10.5. The first-order valence-electron chi connectivity index (χ1n) is 3.68. The number of carboxylic acids is 1. The first-order valence-corrected chi connectivity index (χ1v) is 4.06. The topological polar surface area (TPSA) is 37.3 Å². The number of halogens is 1. The summed E-state index contributed by atoms with van der Waals surface area (Å²) < 4.78 is 0. The normalized spacial score (nSPS) is 25.5. The van der Waals surface area contributed by atoms with Gasteiger partial charge in [-0.2, -0.15) is 0 Å². The van der Waals surface area contributed by atoms with Crippen molar-refractivity contribution in [3.63, 3.8) is 0 Å². The smallest absolute Gasteiger partial charge is 0.306 e. The van der Waals surface area contributed by atoms with Gasteiger partial charge in [-0.1, -0.05) is 17.2 Å². The third-order valence-electron chi connectivity index (χ3n) is 2.08. The number of carboxylic acid groups (broad SMARTS) is 1. The minimum absolute atomic E-state index is 0.211. The average Bonchev–Trinajstić information content (AvgIpc) is 1.94. The van der Waals surface area contributed by atoms with E-state index >= 15 is 0 Å². The molecule has 0 aliphatic heterocycles. The van der Waals surface area contributed by atoms with Crippen molar-refractivity contribution in [2.24, 2.45) is 5.92 Å². The maximum Gasteiger partial charge on any atom is 0.306 e. The summed E-state index contributed by atoms with van der Waals surface area (Å²) in [6.45, 7) is 1.90. The lowest BCUT2D eigenvalue weighted by Gasteiger charge is -2.18. The fraction of sp³-hybridized carbons (Fsp3) is 0.625. The molecule has 0 aromatic rings. The van der Waals surface area contributed by atoms with Crippen LogP contribution in [0, 0.1) is 5.92 Å². The third-order valence-corrected chi connectivity index (χ3v) is 2.59. The van der Waals surface area contributed by atoms with Gasteiger partial charge in [-0.25, -0.2) is 0 Å². The maximum absolute atomic E-state index is 10.5. The van der Waals surface area contributed by atoms with E-state index in [1.165, 1.54) is 0 Å². The van der Waals surface area contributed by atoms with Crippen LogP contribution in [0.5, 0.6) is 0 Å². The number of aliphatic carboxylic acids is 1. The Hall–Kier alpha value is -0.500. The van der Waals surface area contributed by atoms with Gasteiger partial charge < -0.3 is 5.11 Å². The van der Waals surface area contributed by atoms with Crippen LogP contribution < -0.4 is 0 Å². The maximum atomic E-state index is 10.5. The number of hydrogen-bond acceptors (Lipinski definition) is 1. The SMILES string of the molecule is CC1=C(Cl)CCC(C(=O)O)C1. The molecule has 1 unspecified atom stereocenters. The molecule has 1 atom stereocenters. The molecule has 0 spiro atoms. The molecule has 0 radical (unpaired) electrons. The molecular formula is C8H11ClO2. The molecule has 0 bridgehead atoms. The van der Waals surface area contributed by atoms with Crippen molar-refractivity contribution >= 4 is 17.6 Å². The predicted octanol–water partition coefficient (Wildman–Crippen LogP) is 2.38. The molecule has 0 heterocycles. The number of rotatable bonds is 1. The van der Waals surface area contributed by atoms with E-state index in [0.29, 0.717) is 12.8 Å². The molecule has 0 saturated carbocycles. The van der Waals surface area contributed by atoms with Crippen molar-refractivity contribution in [3.05, 3.63) is 10.6 Å². The van der Waals surface area contributed by atoms with E-state index in [1.54, 1.807) is 0 Å². The lowest BCUT2D eigenvalue weighted by molar-refractivity contribution is -0.142. The molecule has 1 aliphatic carbocycles. The van der Waals surface area contributed by atoms with Gasteiger partial charge in [0.05, 0.1) is 5.92 Å². The van der Waals surface area contributed by atoms with Crippen LogP contribution in [0.15, 0.2) is 10.6 Å². The van der Waals surface area contributed by atoms with E-state index in [4.69, 9.17) is 16.7 Å². The first kappa shape index (κ1) is 8.60. The zero-order valence-corrected chi connectivity index (χ0v) is 7.19. The molecule has 3 heteroatoms. The van der Waals surface area contributed by atoms with E-state index < -0.39 is 5.97 Å². The molecule has 1 rings (SSSR count). The van der Waals surface area contributed by atoms with Crippen LogP contribution in [-0.2, 0) is 4.79 Å². The lowest BCUT2D eigenvalue weighted by atomic mass is 9.89. The summed E-state index contributed by atoms with van der Waals surface area (Å²) in [5.41, 5.74) is 1.03. The molecule has 0 fully saturated rings. The Morgan fingerprint density at radius 1 is 1.73 bits per heavy atom. The molecule has 0 amide bonds. The van der Waals surface area contributed by atoms with Crippen LogP contribution in [0.3, 0.4) is 0 Å². The molecule has 11 heavy (non-hydrogen) atoms. The van der Waals surface area contributed by atoms with Gasteiger partial charge in [0.2, 0.25) is 0 Å². The van der Waals surface area contributed by atoms with Crippen molar-refractivity contribution in [1.82, 2.24) is 0 Å². The largest absolute Gasteiger partial charge is 0.481 e. The third kappa shape index (κ3) is 1.96. The minimum atomic E-state index is -0.700. The van der Waals surface area contributed by atoms with Gasteiger partial charge in [0, 0.05) is 5.03 Å². The second kappa shape index (κ2) is 3.26. The summed E-state index contributed by atoms with van der Waals surface area (Å²) in [5, 5.41) is 9.53. The van der Waals surface area contributed by atoms with Crippen molar-refractivity contribution in [3.8, 4) is 0 Å². The highest BCUT2D eigenvalue weighted by molar-refractivity contribution is 6.30. The van der Waals surface area contributed by atoms with Crippen LogP contribution in [0.25, 0.3) is 0 Å². The van der Waals surface area contributed by atoms with Gasteiger partial charge in [0.25, 0.3) is 0 Å². The monoisotopic (exact) mass is 174 g/mol. The Kier molecular flexibility index (Phi) is 2.55. The van der Waals surface area contributed by atoms with Crippen molar-refractivity contribution in [1.29, 1.82) is 0 Å². The van der Waals surface area contributed by atoms with E-state index in [1.807, 2.05) is 6.92 Å². The second-order valence-electron chi connectivity index (χ2n) is 2.96. The molecule has 1 aliphatic rings. The summed E-state index contributed by atoms with van der Waals surface area (Å²) in [6, 6.07) is 0. The summed E-state index contributed by atoms with van der Waals surface area (Å²) in [5.74, 6) is -0.911. The van der Waals surface area contributed by atoms with Crippen LogP contribution in [0.1, 0.15) is 26.2 Å². The van der Waals surface area contributed by atoms with Gasteiger partial charge in [-0.15, -0.1) is 0 Å². The van der Waals surface area contributed by atoms with Crippen LogP contribution in [-0.4, -0.2) is 11.1 Å². The van der Waals surface area contributed by atoms with Gasteiger partial charge in [-0.3, -0.25) is 4.79 Å². The Bertz CT molecular complexity index is 208. The zero-order valence-electron chi connectivity index (χ0n) is 6.43. The molecule has 62 valence electrons. The van der Waals surface area contributed by atoms with Gasteiger partial charge in [0.1, 0.15) is 0 Å². The standard InChI is InChI=1S/C8H11ClO2/c1-5-4-6(8(10)11)2-3-7(5)9/h6H,2-4H2,1H3,(H,10,11). The van der Waals surface area contributed by atoms with E-state index in [9.17, 15) is 4.79 Å². The summed E-state index contributed by atoms with van der Waals surface area (Å²) in [6.07, 6.45) is 2.03. The van der Waals surface area contributed by atoms with Gasteiger partial charge >= 0.3 is 5.97 Å². The van der Waals surface area contributed by atoms with Crippen LogP contribution >= 0.6 is 11.6 Å². The number of carbonyl (C=O) groups is 1. The van der Waals surface area contributed by atoms with E-state index in [2.05, 4.69) is 0 Å². The fourth-order valence-corrected chi connectivity index (χ4v) is 1.49.